The number of benzene rings is 2. The van der Waals surface area contributed by atoms with Crippen molar-refractivity contribution in [1.29, 1.82) is 0 Å². The van der Waals surface area contributed by atoms with Crippen molar-refractivity contribution in [2.75, 3.05) is 19.7 Å². The van der Waals surface area contributed by atoms with Crippen molar-refractivity contribution >= 4 is 23.3 Å². The van der Waals surface area contributed by atoms with Gasteiger partial charge in [0.1, 0.15) is 5.92 Å². The smallest absolute Gasteiger partial charge is 0.336 e. The van der Waals surface area contributed by atoms with E-state index in [-0.39, 0.29) is 23.8 Å². The van der Waals surface area contributed by atoms with Crippen LogP contribution in [0.4, 0.5) is 5.69 Å². The predicted octanol–water partition coefficient (Wildman–Crippen LogP) is 4.19. The second-order valence-corrected chi connectivity index (χ2v) is 9.37. The number of nitro benzene ring substituents is 1. The number of hydrogen-bond acceptors (Lipinski definition) is 7. The lowest BCUT2D eigenvalue weighted by Gasteiger charge is -2.30. The third-order valence-electron chi connectivity index (χ3n) is 6.82. The summed E-state index contributed by atoms with van der Waals surface area (Å²) in [7, 11) is 0. The molecule has 1 unspecified atom stereocenters. The summed E-state index contributed by atoms with van der Waals surface area (Å²) in [6, 6.07) is 15.9. The molecular weight excluding hydrogens is 462 g/mol. The number of likely N-dealkylation sites (tertiary alicyclic amines) is 1. The van der Waals surface area contributed by atoms with E-state index in [9.17, 15) is 24.8 Å². The van der Waals surface area contributed by atoms with Crippen molar-refractivity contribution in [2.24, 2.45) is 16.8 Å². The maximum atomic E-state index is 13.3. The first kappa shape index (κ1) is 25.2. The van der Waals surface area contributed by atoms with Crippen LogP contribution >= 0.6 is 0 Å². The first-order valence-electron chi connectivity index (χ1n) is 11.9. The molecule has 0 bridgehead atoms. The van der Waals surface area contributed by atoms with E-state index in [1.807, 2.05) is 18.2 Å². The maximum absolute atomic E-state index is 13.3. The molecule has 1 fully saturated rings. The molecule has 1 saturated heterocycles. The van der Waals surface area contributed by atoms with Gasteiger partial charge in [-0.15, -0.1) is 0 Å². The number of carboxylic acid groups (broad SMARTS) is 1. The normalized spacial score (nSPS) is 22.3. The molecule has 36 heavy (non-hydrogen) atoms. The molecule has 1 N–H and O–H groups in total. The third-order valence-corrected chi connectivity index (χ3v) is 6.82. The van der Waals surface area contributed by atoms with Crippen LogP contribution in [0.2, 0.25) is 0 Å². The zero-order chi connectivity index (χ0) is 25.8. The number of allylic oxidation sites excluding steroid dienone is 1. The lowest BCUT2D eigenvalue weighted by atomic mass is 9.75. The van der Waals surface area contributed by atoms with Gasteiger partial charge in [0.05, 0.1) is 17.1 Å². The molecule has 0 amide bonds. The molecule has 2 aromatic rings. The minimum Gasteiger partial charge on any atom is -0.481 e. The van der Waals surface area contributed by atoms with E-state index in [4.69, 9.17) is 4.74 Å². The van der Waals surface area contributed by atoms with Gasteiger partial charge in [0.2, 0.25) is 0 Å². The van der Waals surface area contributed by atoms with Gasteiger partial charge in [-0.3, -0.25) is 24.8 Å². The molecule has 0 aliphatic carbocycles. The van der Waals surface area contributed by atoms with Gasteiger partial charge < -0.3 is 9.84 Å². The largest absolute Gasteiger partial charge is 0.481 e. The summed E-state index contributed by atoms with van der Waals surface area (Å²) in [4.78, 5) is 43.0. The molecule has 2 aliphatic heterocycles. The second kappa shape index (κ2) is 10.8. The molecule has 4 rings (SSSR count). The van der Waals surface area contributed by atoms with E-state index in [0.29, 0.717) is 17.0 Å². The van der Waals surface area contributed by atoms with Gasteiger partial charge in [0, 0.05) is 48.5 Å². The number of carbonyl (C=O) groups excluding carboxylic acids is 1. The number of hydrogen-bond donors (Lipinski definition) is 1. The Balaban J connectivity index is 1.51. The zero-order valence-corrected chi connectivity index (χ0v) is 20.3. The Hall–Kier alpha value is -3.85. The summed E-state index contributed by atoms with van der Waals surface area (Å²) in [5.74, 6) is -3.69. The van der Waals surface area contributed by atoms with Crippen LogP contribution in [0.1, 0.15) is 37.3 Å². The van der Waals surface area contributed by atoms with Gasteiger partial charge >= 0.3 is 11.9 Å². The number of rotatable bonds is 8. The molecule has 2 heterocycles. The van der Waals surface area contributed by atoms with Crippen molar-refractivity contribution in [3.63, 3.8) is 0 Å². The molecular formula is C27H29N3O6. The average molecular weight is 492 g/mol. The lowest BCUT2D eigenvalue weighted by molar-refractivity contribution is -0.384. The lowest BCUT2D eigenvalue weighted by Crippen LogP contribution is -2.35. The highest BCUT2D eigenvalue weighted by Gasteiger charge is 2.42. The van der Waals surface area contributed by atoms with Crippen molar-refractivity contribution < 1.29 is 24.4 Å². The Kier molecular flexibility index (Phi) is 7.59. The van der Waals surface area contributed by atoms with Crippen LogP contribution in [-0.2, 0) is 20.9 Å². The van der Waals surface area contributed by atoms with E-state index < -0.39 is 28.7 Å². The number of aliphatic imine (C=N–C) groups is 1. The van der Waals surface area contributed by atoms with Gasteiger partial charge in [0.15, 0.2) is 0 Å². The first-order valence-corrected chi connectivity index (χ1v) is 11.9. The van der Waals surface area contributed by atoms with Gasteiger partial charge in [-0.25, -0.2) is 4.79 Å². The number of esters is 1. The summed E-state index contributed by atoms with van der Waals surface area (Å²) in [6.45, 7) is 5.97. The summed E-state index contributed by atoms with van der Waals surface area (Å²) >= 11 is 0. The third kappa shape index (κ3) is 5.52. The fourth-order valence-electron chi connectivity index (χ4n) is 5.12. The van der Waals surface area contributed by atoms with Crippen molar-refractivity contribution in [2.45, 2.75) is 32.7 Å². The topological polar surface area (TPSA) is 122 Å². The van der Waals surface area contributed by atoms with Crippen LogP contribution in [-0.4, -0.2) is 52.3 Å². The summed E-state index contributed by atoms with van der Waals surface area (Å²) < 4.78 is 5.71. The van der Waals surface area contributed by atoms with Crippen LogP contribution in [0.5, 0.6) is 0 Å². The number of nitro groups is 1. The van der Waals surface area contributed by atoms with Gasteiger partial charge in [-0.2, -0.15) is 0 Å². The minimum absolute atomic E-state index is 0.132. The highest BCUT2D eigenvalue weighted by molar-refractivity contribution is 6.06. The van der Waals surface area contributed by atoms with Crippen LogP contribution < -0.4 is 0 Å². The summed E-state index contributed by atoms with van der Waals surface area (Å²) in [6.07, 6.45) is 0.890. The average Bonchev–Trinajstić information content (AvgIpc) is 3.29. The number of aliphatic carboxylic acids is 1. The Morgan fingerprint density at radius 2 is 1.92 bits per heavy atom. The molecule has 0 radical (unpaired) electrons. The van der Waals surface area contributed by atoms with E-state index in [2.05, 4.69) is 22.0 Å². The highest BCUT2D eigenvalue weighted by Crippen LogP contribution is 2.40. The van der Waals surface area contributed by atoms with Crippen molar-refractivity contribution in [3.05, 3.63) is 87.1 Å². The van der Waals surface area contributed by atoms with Gasteiger partial charge in [0.25, 0.3) is 5.69 Å². The van der Waals surface area contributed by atoms with E-state index in [1.54, 1.807) is 19.9 Å². The van der Waals surface area contributed by atoms with Crippen LogP contribution in [0.25, 0.3) is 0 Å². The quantitative estimate of drug-likeness (QED) is 0.334. The highest BCUT2D eigenvalue weighted by atomic mass is 16.6. The summed E-state index contributed by atoms with van der Waals surface area (Å²) in [5.41, 5.74) is 2.25. The Labute approximate surface area is 209 Å². The standard InChI is InChI=1S/C27H29N3O6/c1-17-23(26(31)32)25(21-9-6-10-22(13-21)30(34)35)24(18(2)28-17)27(33)36-16-20-11-12-29(15-20)14-19-7-4-3-5-8-19/h3-10,13,20,23,25H,11-12,14-16H2,1-2H3,(H,31,32)/t20-,23?,25-/m0/s1. The van der Waals surface area contributed by atoms with E-state index in [1.165, 1.54) is 23.8 Å². The Bertz CT molecular complexity index is 1220. The van der Waals surface area contributed by atoms with Crippen LogP contribution in [0.3, 0.4) is 0 Å². The molecule has 2 aliphatic rings. The fraction of sp³-hybridized carbons (Fsp3) is 0.370. The van der Waals surface area contributed by atoms with Gasteiger partial charge in [-0.05, 0) is 37.9 Å². The number of ether oxygens (including phenoxy) is 1. The molecule has 3 atom stereocenters. The first-order chi connectivity index (χ1) is 17.2. The molecule has 0 saturated carbocycles. The predicted molar refractivity (Wildman–Crippen MR) is 134 cm³/mol. The van der Waals surface area contributed by atoms with Gasteiger partial charge in [-0.1, -0.05) is 42.5 Å². The number of carboxylic acids is 1. The molecule has 9 nitrogen and oxygen atoms in total. The second-order valence-electron chi connectivity index (χ2n) is 9.37. The number of nitrogens with zero attached hydrogens (tertiary/aromatic N) is 3. The fourth-order valence-corrected chi connectivity index (χ4v) is 5.12. The summed E-state index contributed by atoms with van der Waals surface area (Å²) in [5, 5.41) is 21.3. The minimum atomic E-state index is -1.15. The Morgan fingerprint density at radius 3 is 2.61 bits per heavy atom. The number of carbonyl (C=O) groups is 2. The van der Waals surface area contributed by atoms with E-state index in [0.717, 1.165) is 26.1 Å². The van der Waals surface area contributed by atoms with Crippen LogP contribution in [0.15, 0.2) is 70.9 Å². The van der Waals surface area contributed by atoms with E-state index >= 15 is 0 Å². The molecule has 188 valence electrons. The SMILES string of the molecule is CC1=NC(C)=C(C(=O)OC[C@H]2CCN(Cc3ccccc3)C2)[C@@H](c2cccc([N+](=O)[O-])c2)C1C(=O)O. The van der Waals surface area contributed by atoms with Crippen molar-refractivity contribution in [3.8, 4) is 0 Å². The molecule has 9 heteroatoms. The molecule has 2 aromatic carbocycles. The monoisotopic (exact) mass is 491 g/mol. The Morgan fingerprint density at radius 1 is 1.17 bits per heavy atom. The number of non-ortho nitro benzene ring substituents is 1. The van der Waals surface area contributed by atoms with Crippen molar-refractivity contribution in [1.82, 2.24) is 4.90 Å². The zero-order valence-electron chi connectivity index (χ0n) is 20.3. The maximum Gasteiger partial charge on any atom is 0.336 e. The van der Waals surface area contributed by atoms with Crippen LogP contribution in [0, 0.1) is 22.0 Å². The molecule has 0 spiro atoms. The molecule has 0 aromatic heterocycles.